The Morgan fingerprint density at radius 3 is 2.78 bits per heavy atom. The highest BCUT2D eigenvalue weighted by Crippen LogP contribution is 2.27. The van der Waals surface area contributed by atoms with Crippen LogP contribution in [0.4, 0.5) is 5.69 Å². The molecule has 0 atom stereocenters. The Labute approximate surface area is 137 Å². The summed E-state index contributed by atoms with van der Waals surface area (Å²) in [5.74, 6) is 0. The molecular weight excluding hydrogens is 282 g/mol. The maximum absolute atomic E-state index is 4.79. The molecule has 0 saturated carbocycles. The Morgan fingerprint density at radius 2 is 1.91 bits per heavy atom. The van der Waals surface area contributed by atoms with Gasteiger partial charge in [0, 0.05) is 24.5 Å². The first kappa shape index (κ1) is 14.3. The number of aromatic nitrogens is 2. The normalized spacial score (nSPS) is 14.0. The number of hydrogen-bond acceptors (Lipinski definition) is 2. The van der Waals surface area contributed by atoms with E-state index in [-0.39, 0.29) is 0 Å². The van der Waals surface area contributed by atoms with Gasteiger partial charge in [0.2, 0.25) is 0 Å². The van der Waals surface area contributed by atoms with Crippen LogP contribution in [0.25, 0.3) is 16.9 Å². The summed E-state index contributed by atoms with van der Waals surface area (Å²) in [6.07, 6.45) is 10.5. The van der Waals surface area contributed by atoms with Crippen LogP contribution in [-0.2, 0) is 12.8 Å². The number of pyridine rings is 1. The molecule has 1 aromatic carbocycles. The van der Waals surface area contributed by atoms with Gasteiger partial charge in [-0.1, -0.05) is 19.1 Å². The van der Waals surface area contributed by atoms with Crippen molar-refractivity contribution in [1.29, 1.82) is 0 Å². The lowest BCUT2D eigenvalue weighted by Gasteiger charge is -2.15. The molecule has 1 aliphatic carbocycles. The average Bonchev–Trinajstić information content (AvgIpc) is 3.03. The third-order valence-corrected chi connectivity index (χ3v) is 4.67. The lowest BCUT2D eigenvalue weighted by Crippen LogP contribution is -2.02. The largest absolute Gasteiger partial charge is 0.384 e. The van der Waals surface area contributed by atoms with Crippen molar-refractivity contribution >= 4 is 11.3 Å². The number of nitrogens with one attached hydrogen (secondary N) is 1. The Balaban J connectivity index is 1.68. The van der Waals surface area contributed by atoms with E-state index in [0.29, 0.717) is 0 Å². The van der Waals surface area contributed by atoms with Gasteiger partial charge in [-0.2, -0.15) is 0 Å². The smallest absolute Gasteiger partial charge is 0.137 e. The molecule has 1 N–H and O–H groups in total. The van der Waals surface area contributed by atoms with Gasteiger partial charge in [0.15, 0.2) is 0 Å². The van der Waals surface area contributed by atoms with Crippen LogP contribution in [0.2, 0.25) is 0 Å². The van der Waals surface area contributed by atoms with E-state index in [1.807, 2.05) is 0 Å². The van der Waals surface area contributed by atoms with Crippen LogP contribution in [0.5, 0.6) is 0 Å². The van der Waals surface area contributed by atoms with E-state index in [2.05, 4.69) is 59.4 Å². The number of benzene rings is 1. The van der Waals surface area contributed by atoms with Crippen molar-refractivity contribution in [1.82, 2.24) is 9.38 Å². The summed E-state index contributed by atoms with van der Waals surface area (Å²) in [4.78, 5) is 4.79. The zero-order valence-electron chi connectivity index (χ0n) is 13.7. The number of nitrogens with zero attached hydrogens (tertiary/aromatic N) is 2. The number of anilines is 1. The Kier molecular flexibility index (Phi) is 3.78. The number of fused-ring (bicyclic) bond motifs is 2. The van der Waals surface area contributed by atoms with Crippen molar-refractivity contribution in [3.63, 3.8) is 0 Å². The fourth-order valence-corrected chi connectivity index (χ4v) is 3.40. The van der Waals surface area contributed by atoms with E-state index in [1.165, 1.54) is 42.4 Å². The minimum atomic E-state index is 0.998. The molecule has 0 amide bonds. The van der Waals surface area contributed by atoms with Crippen LogP contribution < -0.4 is 5.32 Å². The Hall–Kier alpha value is -2.29. The molecule has 4 rings (SSSR count). The molecule has 0 spiro atoms. The van der Waals surface area contributed by atoms with E-state index in [4.69, 9.17) is 4.98 Å². The second-order valence-electron chi connectivity index (χ2n) is 6.43. The van der Waals surface area contributed by atoms with Crippen LogP contribution in [0, 0.1) is 0 Å². The summed E-state index contributed by atoms with van der Waals surface area (Å²) in [5, 5.41) is 3.43. The van der Waals surface area contributed by atoms with Crippen molar-refractivity contribution in [3.8, 4) is 11.3 Å². The highest BCUT2D eigenvalue weighted by molar-refractivity contribution is 5.65. The summed E-state index contributed by atoms with van der Waals surface area (Å²) in [7, 11) is 0. The molecule has 0 unspecified atom stereocenters. The van der Waals surface area contributed by atoms with Gasteiger partial charge in [-0.05, 0) is 61.4 Å². The Bertz CT molecular complexity index is 832. The fraction of sp³-hybridized carbons (Fsp3) is 0.350. The van der Waals surface area contributed by atoms with Crippen molar-refractivity contribution in [2.24, 2.45) is 0 Å². The standard InChI is InChI=1S/C20H23N3/c1-2-11-21-18-9-10-20-22-19(14-23(20)13-18)17-8-7-15-5-3-4-6-16(15)12-17/h7-10,12-14,21H,2-6,11H2,1H3. The summed E-state index contributed by atoms with van der Waals surface area (Å²) in [6.45, 7) is 3.18. The van der Waals surface area contributed by atoms with Crippen LogP contribution in [0.15, 0.2) is 42.7 Å². The van der Waals surface area contributed by atoms with Gasteiger partial charge >= 0.3 is 0 Å². The van der Waals surface area contributed by atoms with Crippen molar-refractivity contribution in [3.05, 3.63) is 53.9 Å². The van der Waals surface area contributed by atoms with Crippen LogP contribution in [0.3, 0.4) is 0 Å². The first-order chi connectivity index (χ1) is 11.3. The van der Waals surface area contributed by atoms with Gasteiger partial charge in [0.05, 0.1) is 11.4 Å². The second kappa shape index (κ2) is 6.07. The summed E-state index contributed by atoms with van der Waals surface area (Å²) < 4.78 is 2.12. The number of imidazole rings is 1. The molecule has 2 aromatic heterocycles. The topological polar surface area (TPSA) is 29.3 Å². The first-order valence-corrected chi connectivity index (χ1v) is 8.68. The third-order valence-electron chi connectivity index (χ3n) is 4.67. The molecule has 118 valence electrons. The lowest BCUT2D eigenvalue weighted by atomic mass is 9.90. The summed E-state index contributed by atoms with van der Waals surface area (Å²) >= 11 is 0. The molecule has 3 nitrogen and oxygen atoms in total. The van der Waals surface area contributed by atoms with E-state index in [9.17, 15) is 0 Å². The van der Waals surface area contributed by atoms with E-state index in [0.717, 1.165) is 30.0 Å². The number of aryl methyl sites for hydroxylation is 2. The minimum Gasteiger partial charge on any atom is -0.384 e. The van der Waals surface area contributed by atoms with Gasteiger partial charge in [-0.15, -0.1) is 0 Å². The highest BCUT2D eigenvalue weighted by Gasteiger charge is 2.12. The van der Waals surface area contributed by atoms with Crippen molar-refractivity contribution in [2.75, 3.05) is 11.9 Å². The van der Waals surface area contributed by atoms with Gasteiger partial charge in [-0.25, -0.2) is 4.98 Å². The monoisotopic (exact) mass is 305 g/mol. The van der Waals surface area contributed by atoms with E-state index >= 15 is 0 Å². The van der Waals surface area contributed by atoms with Crippen LogP contribution in [-0.4, -0.2) is 15.9 Å². The fourth-order valence-electron chi connectivity index (χ4n) is 3.40. The quantitative estimate of drug-likeness (QED) is 0.757. The molecule has 3 aromatic rings. The predicted octanol–water partition coefficient (Wildman–Crippen LogP) is 4.70. The zero-order chi connectivity index (χ0) is 15.6. The van der Waals surface area contributed by atoms with Crippen molar-refractivity contribution < 1.29 is 0 Å². The number of rotatable bonds is 4. The van der Waals surface area contributed by atoms with E-state index in [1.54, 1.807) is 0 Å². The number of hydrogen-bond donors (Lipinski definition) is 1. The van der Waals surface area contributed by atoms with E-state index < -0.39 is 0 Å². The molecule has 2 heterocycles. The van der Waals surface area contributed by atoms with Crippen molar-refractivity contribution in [2.45, 2.75) is 39.0 Å². The average molecular weight is 305 g/mol. The molecule has 0 saturated heterocycles. The minimum absolute atomic E-state index is 0.998. The molecule has 23 heavy (non-hydrogen) atoms. The summed E-state index contributed by atoms with van der Waals surface area (Å²) in [5.41, 5.74) is 7.47. The molecule has 0 bridgehead atoms. The molecule has 3 heteroatoms. The predicted molar refractivity (Wildman–Crippen MR) is 96.1 cm³/mol. The second-order valence-corrected chi connectivity index (χ2v) is 6.43. The lowest BCUT2D eigenvalue weighted by molar-refractivity contribution is 0.686. The zero-order valence-corrected chi connectivity index (χ0v) is 13.7. The third kappa shape index (κ3) is 2.83. The summed E-state index contributed by atoms with van der Waals surface area (Å²) in [6, 6.07) is 11.0. The van der Waals surface area contributed by atoms with Gasteiger partial charge in [-0.3, -0.25) is 0 Å². The van der Waals surface area contributed by atoms with Gasteiger partial charge in [0.1, 0.15) is 5.65 Å². The first-order valence-electron chi connectivity index (χ1n) is 8.68. The van der Waals surface area contributed by atoms with Gasteiger partial charge < -0.3 is 9.72 Å². The highest BCUT2D eigenvalue weighted by atomic mass is 15.0. The molecule has 0 fully saturated rings. The molecular formula is C20H23N3. The van der Waals surface area contributed by atoms with Crippen LogP contribution >= 0.6 is 0 Å². The Morgan fingerprint density at radius 1 is 1.04 bits per heavy atom. The maximum Gasteiger partial charge on any atom is 0.137 e. The SMILES string of the molecule is CCCNc1ccc2nc(-c3ccc4c(c3)CCCC4)cn2c1. The maximum atomic E-state index is 4.79. The molecule has 0 aliphatic heterocycles. The molecule has 1 aliphatic rings. The molecule has 0 radical (unpaired) electrons. The van der Waals surface area contributed by atoms with Gasteiger partial charge in [0.25, 0.3) is 0 Å². The van der Waals surface area contributed by atoms with Crippen LogP contribution in [0.1, 0.15) is 37.3 Å².